The van der Waals surface area contributed by atoms with E-state index >= 15 is 0 Å². The predicted octanol–water partition coefficient (Wildman–Crippen LogP) is 13.4. The van der Waals surface area contributed by atoms with E-state index in [0.717, 1.165) is 49.2 Å². The van der Waals surface area contributed by atoms with Crippen LogP contribution in [0.3, 0.4) is 0 Å². The number of anilines is 1. The summed E-state index contributed by atoms with van der Waals surface area (Å²) in [7, 11) is 9.48. The highest BCUT2D eigenvalue weighted by Crippen LogP contribution is 2.42. The number of ketones is 1. The number of halogens is 1. The first-order valence-corrected chi connectivity index (χ1v) is 30.6. The first kappa shape index (κ1) is 64.3. The number of rotatable bonds is 14. The zero-order valence-electron chi connectivity index (χ0n) is 47.7. The zero-order chi connectivity index (χ0) is 55.5. The monoisotopic (exact) mass is 1100 g/mol. The molecule has 6 atom stereocenters. The summed E-state index contributed by atoms with van der Waals surface area (Å²) >= 11 is 6.87. The molecule has 75 heavy (non-hydrogen) atoms. The number of methoxy groups -OCH3 is 2. The molecule has 0 spiro atoms. The number of Topliss-reactive ketones (excluding diaryl/α,β-unsaturated/α-hetero) is 1. The molecule has 1 saturated carbocycles. The molecule has 2 aliphatic heterocycles. The van der Waals surface area contributed by atoms with Crippen LogP contribution in [0.15, 0.2) is 35.9 Å². The number of amides is 3. The van der Waals surface area contributed by atoms with Crippen molar-refractivity contribution in [1.29, 1.82) is 0 Å². The normalized spacial score (nSPS) is 27.9. The number of benzene rings is 1. The molecule has 3 amide bonds. The van der Waals surface area contributed by atoms with Crippen molar-refractivity contribution in [3.63, 3.8) is 0 Å². The molecule has 1 aromatic rings. The van der Waals surface area contributed by atoms with Gasteiger partial charge in [0.05, 0.1) is 19.2 Å². The highest BCUT2D eigenvalue weighted by atomic mass is 35.5. The van der Waals surface area contributed by atoms with Crippen LogP contribution in [0, 0.1) is 23.2 Å². The van der Waals surface area contributed by atoms with Crippen molar-refractivity contribution in [2.24, 2.45) is 23.2 Å². The summed E-state index contributed by atoms with van der Waals surface area (Å²) in [5.41, 5.74) is -0.540. The number of esters is 1. The summed E-state index contributed by atoms with van der Waals surface area (Å²) in [5.74, 6) is 0.631. The first-order chi connectivity index (χ1) is 35.4. The number of carbonyl (C=O) groups excluding carboxylic acids is 5. The van der Waals surface area contributed by atoms with Gasteiger partial charge < -0.3 is 33.9 Å². The van der Waals surface area contributed by atoms with E-state index in [1.165, 1.54) is 88.2 Å². The van der Waals surface area contributed by atoms with E-state index in [4.69, 9.17) is 30.5 Å². The molecule has 16 heteroatoms. The van der Waals surface area contributed by atoms with E-state index in [1.54, 1.807) is 54.8 Å². The molecule has 0 radical (unpaired) electrons. The van der Waals surface area contributed by atoms with E-state index in [2.05, 4.69) is 26.1 Å². The van der Waals surface area contributed by atoms with Crippen LogP contribution in [0.25, 0.3) is 0 Å². The van der Waals surface area contributed by atoms with E-state index in [9.17, 15) is 29.1 Å². The quantitative estimate of drug-likeness (QED) is 0.103. The Morgan fingerprint density at radius 1 is 0.960 bits per heavy atom. The maximum atomic E-state index is 14.5. The van der Waals surface area contributed by atoms with E-state index < -0.39 is 53.5 Å². The summed E-state index contributed by atoms with van der Waals surface area (Å²) in [4.78, 5) is 71.9. The fraction of sp³-hybridized carbons (Fsp3) is 0.746. The van der Waals surface area contributed by atoms with Gasteiger partial charge in [-0.3, -0.25) is 19.7 Å². The van der Waals surface area contributed by atoms with Crippen molar-refractivity contribution in [1.82, 2.24) is 10.2 Å². The number of alkyl carbamates (subject to hydrolysis) is 1. The van der Waals surface area contributed by atoms with Crippen LogP contribution in [0.4, 0.5) is 10.5 Å². The largest absolute Gasteiger partial charge is 0.495 e. The Morgan fingerprint density at radius 3 is 2.19 bits per heavy atom. The average Bonchev–Trinajstić information content (AvgIpc) is 3.35. The molecule has 424 valence electrons. The van der Waals surface area contributed by atoms with Crippen LogP contribution in [0.5, 0.6) is 5.75 Å². The number of allylic oxidation sites excluding steroid dienone is 3. The second-order valence-corrected chi connectivity index (χ2v) is 26.9. The highest BCUT2D eigenvalue weighted by Gasteiger charge is 2.48. The van der Waals surface area contributed by atoms with Gasteiger partial charge in [0.2, 0.25) is 11.8 Å². The molecule has 0 unspecified atom stereocenters. The van der Waals surface area contributed by atoms with Crippen molar-refractivity contribution < 1.29 is 48.0 Å². The summed E-state index contributed by atoms with van der Waals surface area (Å²) in [5, 5.41) is 14.7. The lowest BCUT2D eigenvalue weighted by Crippen LogP contribution is -2.63. The van der Waals surface area contributed by atoms with Crippen molar-refractivity contribution in [3.8, 4) is 5.75 Å². The van der Waals surface area contributed by atoms with Gasteiger partial charge >= 0.3 is 12.1 Å². The standard InChI is InChI=1S/C59H94ClN3O10S2/c1-40-24-19-15-13-17-21-27-45(28-22-18-14-16-20-25-40)47(64)30-32-58(7,8)75-74-33-31-52(65)62(9)43(4)55(67)73-51-37-53(66)63(10)46-35-44(36-48(70-11)54(46)60)34-41(2)26-23-29-50(71-12)59(69)39-49(72-56(68)61-59)42(3)38-57(51,5)6/h23,26,29,35-36,40,42-43,45,49-51,69H,13-22,24-25,27-28,30-34,37-39H2,1-12H3,(H,61,68)/b29-23+,41-26+/t40?,42-,43-,45?,49-,50+,51-,59-/m1/s1. The van der Waals surface area contributed by atoms with Gasteiger partial charge in [0, 0.05) is 62.3 Å². The van der Waals surface area contributed by atoms with Gasteiger partial charge in [-0.2, -0.15) is 0 Å². The van der Waals surface area contributed by atoms with Crippen molar-refractivity contribution in [3.05, 3.63) is 46.5 Å². The van der Waals surface area contributed by atoms with Gasteiger partial charge in [-0.15, -0.1) is 0 Å². The number of likely N-dealkylation sites (N-methyl/N-ethyl adjacent to an activating group) is 1. The van der Waals surface area contributed by atoms with Crippen LogP contribution in [0.1, 0.15) is 189 Å². The number of nitrogens with one attached hydrogen (secondary N) is 1. The minimum absolute atomic E-state index is 0.00425. The number of fused-ring (bicyclic) bond motifs is 4. The van der Waals surface area contributed by atoms with Crippen LogP contribution >= 0.6 is 33.2 Å². The van der Waals surface area contributed by atoms with Gasteiger partial charge in [-0.25, -0.2) is 9.59 Å². The zero-order valence-corrected chi connectivity index (χ0v) is 50.1. The summed E-state index contributed by atoms with van der Waals surface area (Å²) in [6, 6.07) is 2.66. The Hall–Kier alpha value is -3.24. The third-order valence-electron chi connectivity index (χ3n) is 15.9. The lowest BCUT2D eigenvalue weighted by molar-refractivity contribution is -0.166. The molecule has 4 bridgehead atoms. The fourth-order valence-corrected chi connectivity index (χ4v) is 13.6. The van der Waals surface area contributed by atoms with Crippen LogP contribution in [-0.2, 0) is 39.8 Å². The smallest absolute Gasteiger partial charge is 0.409 e. The first-order valence-electron chi connectivity index (χ1n) is 27.9. The minimum Gasteiger partial charge on any atom is -0.495 e. The average molecular weight is 1100 g/mol. The third-order valence-corrected chi connectivity index (χ3v) is 19.6. The minimum atomic E-state index is -1.80. The van der Waals surface area contributed by atoms with Gasteiger partial charge in [-0.1, -0.05) is 162 Å². The van der Waals surface area contributed by atoms with Crippen LogP contribution < -0.4 is 15.0 Å². The van der Waals surface area contributed by atoms with Gasteiger partial charge in [0.25, 0.3) is 0 Å². The Morgan fingerprint density at radius 2 is 1.57 bits per heavy atom. The lowest BCUT2D eigenvalue weighted by Gasteiger charge is -2.44. The summed E-state index contributed by atoms with van der Waals surface area (Å²) < 4.78 is 23.3. The molecular formula is C59H94ClN3O10S2. The lowest BCUT2D eigenvalue weighted by atomic mass is 9.74. The summed E-state index contributed by atoms with van der Waals surface area (Å²) in [6.07, 6.45) is 21.0. The van der Waals surface area contributed by atoms with Crippen LogP contribution in [0.2, 0.25) is 5.02 Å². The van der Waals surface area contributed by atoms with Crippen LogP contribution in [-0.4, -0.2) is 109 Å². The van der Waals surface area contributed by atoms with Crippen molar-refractivity contribution in [2.45, 2.75) is 225 Å². The van der Waals surface area contributed by atoms with Gasteiger partial charge in [0.15, 0.2) is 5.72 Å². The second kappa shape index (κ2) is 30.8. The third kappa shape index (κ3) is 20.5. The Bertz CT molecular complexity index is 2080. The van der Waals surface area contributed by atoms with E-state index in [0.29, 0.717) is 42.2 Å². The molecule has 0 aromatic heterocycles. The maximum absolute atomic E-state index is 14.5. The molecule has 13 nitrogen and oxygen atoms in total. The van der Waals surface area contributed by atoms with Crippen molar-refractivity contribution in [2.75, 3.05) is 39.0 Å². The predicted molar refractivity (Wildman–Crippen MR) is 306 cm³/mol. The van der Waals surface area contributed by atoms with Gasteiger partial charge in [0.1, 0.15) is 40.9 Å². The second-order valence-electron chi connectivity index (χ2n) is 23.4. The number of carbonyl (C=O) groups is 5. The fourth-order valence-electron chi connectivity index (χ4n) is 10.7. The summed E-state index contributed by atoms with van der Waals surface area (Å²) in [6.45, 7) is 16.0. The Kier molecular flexibility index (Phi) is 26.4. The molecule has 4 rings (SSSR count). The maximum Gasteiger partial charge on any atom is 0.409 e. The molecule has 1 aromatic carbocycles. The molecule has 3 aliphatic rings. The molecule has 2 heterocycles. The molecule has 1 saturated heterocycles. The van der Waals surface area contributed by atoms with E-state index in [1.807, 2.05) is 45.9 Å². The number of nitrogens with zero attached hydrogens (tertiary/aromatic N) is 2. The topological polar surface area (TPSA) is 161 Å². The van der Waals surface area contributed by atoms with E-state index in [-0.39, 0.29) is 46.8 Å². The van der Waals surface area contributed by atoms with Crippen molar-refractivity contribution >= 4 is 68.5 Å². The number of aliphatic hydroxyl groups is 1. The van der Waals surface area contributed by atoms with Gasteiger partial charge in [-0.05, 0) is 89.3 Å². The number of ether oxygens (including phenoxy) is 4. The Balaban J connectivity index is 1.42. The number of hydrogen-bond acceptors (Lipinski definition) is 12. The molecule has 2 N–H and O–H groups in total. The number of hydrogen-bond donors (Lipinski definition) is 2. The molecular weight excluding hydrogens is 1010 g/mol. The molecule has 1 aliphatic carbocycles. The SMILES string of the molecule is COc1cc2cc(c1Cl)N(C)C(=O)C[C@@H](OC(=O)[C@@H](C)N(C)C(=O)CCSSC(C)(C)CCC(=O)C1CCCCCCCC(C)CCCCCCC1)C(C)(C)C[C@@H](C)[C@H]1C[C@](O)(NC(=O)O1)[C@@H](OC)/C=C/C=C(\C)C2. The Labute approximate surface area is 463 Å². The molecule has 2 fully saturated rings. The highest BCUT2D eigenvalue weighted by molar-refractivity contribution is 8.77.